The second-order valence-electron chi connectivity index (χ2n) is 5.84. The molecule has 3 N–H and O–H groups in total. The molecule has 0 aromatic heterocycles. The highest BCUT2D eigenvalue weighted by Crippen LogP contribution is 2.25. The highest BCUT2D eigenvalue weighted by molar-refractivity contribution is 9.10. The first kappa shape index (κ1) is 17.9. The van der Waals surface area contributed by atoms with Gasteiger partial charge in [-0.25, -0.2) is 0 Å². The zero-order chi connectivity index (χ0) is 18.7. The maximum atomic E-state index is 12.3. The molecule has 3 rings (SSSR count). The maximum Gasteiger partial charge on any atom is 0.265 e. The Balaban J connectivity index is 1.67. The molecule has 26 heavy (non-hydrogen) atoms. The summed E-state index contributed by atoms with van der Waals surface area (Å²) in [7, 11) is 0. The predicted molar refractivity (Wildman–Crippen MR) is 105 cm³/mol. The summed E-state index contributed by atoms with van der Waals surface area (Å²) in [5.74, 6) is -0.179. The molecule has 0 saturated heterocycles. The molecule has 132 valence electrons. The van der Waals surface area contributed by atoms with E-state index in [1.54, 1.807) is 31.2 Å². The fraction of sp³-hybridized carbons (Fsp3) is 0.100. The first-order valence-electron chi connectivity index (χ1n) is 7.99. The van der Waals surface area contributed by atoms with Crippen LogP contribution in [0.2, 0.25) is 0 Å². The van der Waals surface area contributed by atoms with Crippen LogP contribution in [0.1, 0.15) is 17.3 Å². The Morgan fingerprint density at radius 2 is 1.65 bits per heavy atom. The molecular formula is C20H17BrN2O3. The summed E-state index contributed by atoms with van der Waals surface area (Å²) >= 11 is 3.44. The topological polar surface area (TPSA) is 81.4 Å². The summed E-state index contributed by atoms with van der Waals surface area (Å²) in [6.45, 7) is 1.68. The first-order valence-corrected chi connectivity index (χ1v) is 8.78. The number of fused-ring (bicyclic) bond motifs is 1. The van der Waals surface area contributed by atoms with Gasteiger partial charge in [0.15, 0.2) is 6.10 Å². The molecule has 0 bridgehead atoms. The lowest BCUT2D eigenvalue weighted by molar-refractivity contribution is -0.122. The van der Waals surface area contributed by atoms with Crippen molar-refractivity contribution in [3.05, 3.63) is 70.7 Å². The monoisotopic (exact) mass is 412 g/mol. The molecule has 1 atom stereocenters. The third kappa shape index (κ3) is 4.21. The summed E-state index contributed by atoms with van der Waals surface area (Å²) in [6.07, 6.45) is -0.682. The van der Waals surface area contributed by atoms with Gasteiger partial charge in [0.05, 0.1) is 0 Å². The number of nitrogens with one attached hydrogen (secondary N) is 1. The van der Waals surface area contributed by atoms with E-state index in [0.717, 1.165) is 15.2 Å². The molecule has 0 heterocycles. The van der Waals surface area contributed by atoms with Gasteiger partial charge in [-0.3, -0.25) is 9.59 Å². The second kappa shape index (κ2) is 7.58. The molecule has 0 aliphatic carbocycles. The number of primary amides is 1. The van der Waals surface area contributed by atoms with E-state index in [1.807, 2.05) is 36.4 Å². The maximum absolute atomic E-state index is 12.3. The minimum Gasteiger partial charge on any atom is -0.481 e. The fourth-order valence-electron chi connectivity index (χ4n) is 2.49. The van der Waals surface area contributed by atoms with Crippen LogP contribution in [0.4, 0.5) is 5.69 Å². The van der Waals surface area contributed by atoms with Gasteiger partial charge in [-0.2, -0.15) is 0 Å². The summed E-state index contributed by atoms with van der Waals surface area (Å²) < 4.78 is 6.76. The third-order valence-electron chi connectivity index (χ3n) is 3.89. The van der Waals surface area contributed by atoms with Crippen molar-refractivity contribution < 1.29 is 14.3 Å². The van der Waals surface area contributed by atoms with Crippen LogP contribution in [0.25, 0.3) is 10.8 Å². The van der Waals surface area contributed by atoms with Gasteiger partial charge in [0.25, 0.3) is 5.91 Å². The number of rotatable bonds is 5. The molecule has 0 saturated carbocycles. The number of carbonyl (C=O) groups is 2. The summed E-state index contributed by atoms with van der Waals surface area (Å²) in [4.78, 5) is 23.4. The van der Waals surface area contributed by atoms with E-state index in [9.17, 15) is 9.59 Å². The molecular weight excluding hydrogens is 396 g/mol. The van der Waals surface area contributed by atoms with Crippen LogP contribution in [-0.2, 0) is 4.79 Å². The van der Waals surface area contributed by atoms with E-state index in [2.05, 4.69) is 21.2 Å². The van der Waals surface area contributed by atoms with Gasteiger partial charge >= 0.3 is 0 Å². The zero-order valence-electron chi connectivity index (χ0n) is 14.0. The molecule has 0 aliphatic rings. The number of nitrogens with two attached hydrogens (primary N) is 1. The number of carbonyl (C=O) groups excluding carboxylic acids is 2. The number of hydrogen-bond acceptors (Lipinski definition) is 3. The van der Waals surface area contributed by atoms with Crippen molar-refractivity contribution in [3.63, 3.8) is 0 Å². The van der Waals surface area contributed by atoms with Crippen LogP contribution in [0.3, 0.4) is 0 Å². The van der Waals surface area contributed by atoms with Crippen molar-refractivity contribution in [1.29, 1.82) is 0 Å². The van der Waals surface area contributed by atoms with Gasteiger partial charge in [0.2, 0.25) is 5.91 Å². The summed E-state index contributed by atoms with van der Waals surface area (Å²) in [5.41, 5.74) is 6.15. The Labute approximate surface area is 159 Å². The van der Waals surface area contributed by atoms with Crippen LogP contribution in [-0.4, -0.2) is 17.9 Å². The van der Waals surface area contributed by atoms with Gasteiger partial charge < -0.3 is 15.8 Å². The lowest BCUT2D eigenvalue weighted by Crippen LogP contribution is -2.30. The molecule has 3 aromatic carbocycles. The quantitative estimate of drug-likeness (QED) is 0.661. The SMILES string of the molecule is C[C@@H](Oc1ccc2cc(Br)ccc2c1)C(=O)Nc1ccc(C(N)=O)cc1. The Bertz CT molecular complexity index is 970. The molecule has 0 spiro atoms. The summed E-state index contributed by atoms with van der Waals surface area (Å²) in [5, 5.41) is 4.86. The molecule has 0 fully saturated rings. The van der Waals surface area contributed by atoms with E-state index in [0.29, 0.717) is 17.0 Å². The number of anilines is 1. The number of benzene rings is 3. The largest absolute Gasteiger partial charge is 0.481 e. The van der Waals surface area contributed by atoms with Gasteiger partial charge in [-0.1, -0.05) is 28.1 Å². The van der Waals surface area contributed by atoms with Crippen LogP contribution < -0.4 is 15.8 Å². The van der Waals surface area contributed by atoms with E-state index in [-0.39, 0.29) is 5.91 Å². The number of ether oxygens (including phenoxy) is 1. The number of halogens is 1. The van der Waals surface area contributed by atoms with Gasteiger partial charge in [-0.15, -0.1) is 0 Å². The minimum atomic E-state index is -0.682. The predicted octanol–water partition coefficient (Wildman–Crippen LogP) is 4.11. The number of hydrogen-bond donors (Lipinski definition) is 2. The van der Waals surface area contributed by atoms with Crippen molar-refractivity contribution in [3.8, 4) is 5.75 Å². The van der Waals surface area contributed by atoms with Gasteiger partial charge in [0.1, 0.15) is 5.75 Å². The smallest absolute Gasteiger partial charge is 0.265 e. The highest BCUT2D eigenvalue weighted by Gasteiger charge is 2.15. The lowest BCUT2D eigenvalue weighted by atomic mass is 10.1. The Morgan fingerprint density at radius 1 is 1.00 bits per heavy atom. The van der Waals surface area contributed by atoms with E-state index in [1.165, 1.54) is 0 Å². The fourth-order valence-corrected chi connectivity index (χ4v) is 2.87. The Morgan fingerprint density at radius 3 is 2.35 bits per heavy atom. The lowest BCUT2D eigenvalue weighted by Gasteiger charge is -2.15. The van der Waals surface area contributed by atoms with Crippen LogP contribution >= 0.6 is 15.9 Å². The van der Waals surface area contributed by atoms with Crippen molar-refractivity contribution in [2.75, 3.05) is 5.32 Å². The van der Waals surface area contributed by atoms with Crippen molar-refractivity contribution in [1.82, 2.24) is 0 Å². The molecule has 0 unspecified atom stereocenters. The Kier molecular flexibility index (Phi) is 5.23. The highest BCUT2D eigenvalue weighted by atomic mass is 79.9. The molecule has 2 amide bonds. The summed E-state index contributed by atoms with van der Waals surface area (Å²) in [6, 6.07) is 18.0. The molecule has 6 heteroatoms. The second-order valence-corrected chi connectivity index (χ2v) is 6.76. The van der Waals surface area contributed by atoms with Crippen LogP contribution in [0, 0.1) is 0 Å². The molecule has 3 aromatic rings. The average Bonchev–Trinajstić information content (AvgIpc) is 2.62. The van der Waals surface area contributed by atoms with E-state index in [4.69, 9.17) is 10.5 Å². The molecule has 0 aliphatic heterocycles. The Hall–Kier alpha value is -2.86. The first-order chi connectivity index (χ1) is 12.4. The van der Waals surface area contributed by atoms with Gasteiger partial charge in [0, 0.05) is 15.7 Å². The number of amides is 2. The normalized spacial score (nSPS) is 11.8. The van der Waals surface area contributed by atoms with Crippen LogP contribution in [0.15, 0.2) is 65.1 Å². The van der Waals surface area contributed by atoms with Gasteiger partial charge in [-0.05, 0) is 66.2 Å². The van der Waals surface area contributed by atoms with Crippen LogP contribution in [0.5, 0.6) is 5.75 Å². The van der Waals surface area contributed by atoms with Crippen molar-refractivity contribution in [2.45, 2.75) is 13.0 Å². The zero-order valence-corrected chi connectivity index (χ0v) is 15.6. The molecule has 0 radical (unpaired) electrons. The standard InChI is InChI=1S/C20H17BrN2O3/c1-12(20(25)23-17-7-3-13(4-8-17)19(22)24)26-18-9-5-14-10-16(21)6-2-15(14)11-18/h2-12H,1H3,(H2,22,24)(H,23,25)/t12-/m1/s1. The van der Waals surface area contributed by atoms with E-state index >= 15 is 0 Å². The van der Waals surface area contributed by atoms with Crippen molar-refractivity contribution in [2.24, 2.45) is 5.73 Å². The minimum absolute atomic E-state index is 0.285. The third-order valence-corrected chi connectivity index (χ3v) is 4.39. The average molecular weight is 413 g/mol. The van der Waals surface area contributed by atoms with E-state index < -0.39 is 12.0 Å². The molecule has 5 nitrogen and oxygen atoms in total. The van der Waals surface area contributed by atoms with Crippen molar-refractivity contribution >= 4 is 44.2 Å².